The van der Waals surface area contributed by atoms with Gasteiger partial charge >= 0.3 is 0 Å². The Hall–Kier alpha value is -0.915. The van der Waals surface area contributed by atoms with Crippen LogP contribution in [0.3, 0.4) is 0 Å². The topological polar surface area (TPSA) is 9.23 Å². The van der Waals surface area contributed by atoms with Crippen LogP contribution in [-0.2, 0) is 6.32 Å². The molecule has 2 radical (unpaired) electrons. The molecule has 0 fully saturated rings. The van der Waals surface area contributed by atoms with E-state index < -0.39 is 0 Å². The zero-order valence-electron chi connectivity index (χ0n) is 8.00. The van der Waals surface area contributed by atoms with Crippen LogP contribution in [0.2, 0.25) is 0 Å². The van der Waals surface area contributed by atoms with E-state index in [1.165, 1.54) is 0 Å². The van der Waals surface area contributed by atoms with Gasteiger partial charge in [0.1, 0.15) is 5.75 Å². The zero-order chi connectivity index (χ0) is 9.40. The van der Waals surface area contributed by atoms with Crippen LogP contribution in [-0.4, -0.2) is 15.0 Å². The van der Waals surface area contributed by atoms with Gasteiger partial charge in [-0.15, -0.1) is 0 Å². The third kappa shape index (κ3) is 3.47. The van der Waals surface area contributed by atoms with Gasteiger partial charge in [0.25, 0.3) is 0 Å². The lowest BCUT2D eigenvalue weighted by molar-refractivity contribution is 0.414. The number of benzene rings is 1. The molecule has 0 unspecified atom stereocenters. The van der Waals surface area contributed by atoms with Gasteiger partial charge in [0.05, 0.1) is 15.0 Å². The van der Waals surface area contributed by atoms with E-state index >= 15 is 0 Å². The van der Waals surface area contributed by atoms with Crippen molar-refractivity contribution in [1.29, 1.82) is 0 Å². The van der Waals surface area contributed by atoms with E-state index in [-0.39, 0.29) is 0 Å². The van der Waals surface area contributed by atoms with Crippen molar-refractivity contribution in [3.8, 4) is 5.75 Å². The first kappa shape index (κ1) is 11.1. The fourth-order valence-corrected chi connectivity index (χ4v) is 0.799. The van der Waals surface area contributed by atoms with E-state index in [9.17, 15) is 0 Å². The fourth-order valence-electron chi connectivity index (χ4n) is 0.799. The van der Waals surface area contributed by atoms with Gasteiger partial charge in [0.2, 0.25) is 0 Å². The number of methoxy groups -OCH3 is 1. The van der Waals surface area contributed by atoms with Crippen molar-refractivity contribution in [3.63, 3.8) is 0 Å². The molecule has 0 heterocycles. The Morgan fingerprint density at radius 2 is 2.00 bits per heavy atom. The number of rotatable bonds is 2. The molecule has 1 nitrogen and oxygen atoms in total. The predicted octanol–water partition coefficient (Wildman–Crippen LogP) is 2.39. The van der Waals surface area contributed by atoms with Gasteiger partial charge in [-0.2, -0.15) is 0 Å². The molecule has 64 valence electrons. The summed E-state index contributed by atoms with van der Waals surface area (Å²) in [6.45, 7) is 4.00. The maximum atomic E-state index is 5.42. The lowest BCUT2D eigenvalue weighted by Gasteiger charge is -2.00. The Bertz CT molecular complexity index is 191. The third-order valence-electron chi connectivity index (χ3n) is 1.37. The highest BCUT2D eigenvalue weighted by molar-refractivity contribution is 6.08. The molecule has 1 aromatic carbocycles. The standard InChI is InChI=1S/C8H9BO.C2H6/c1-10-8-4-2-3-7(5-8)6-9;1-2/h2-5H,6H2,1H3;1-2H3. The summed E-state index contributed by atoms with van der Waals surface area (Å²) in [6, 6.07) is 7.74. The van der Waals surface area contributed by atoms with E-state index in [1.807, 2.05) is 38.1 Å². The van der Waals surface area contributed by atoms with Crippen molar-refractivity contribution in [2.24, 2.45) is 0 Å². The van der Waals surface area contributed by atoms with E-state index in [0.717, 1.165) is 11.3 Å². The minimum atomic E-state index is 0.567. The summed E-state index contributed by atoms with van der Waals surface area (Å²) < 4.78 is 5.00. The molecule has 1 rings (SSSR count). The summed E-state index contributed by atoms with van der Waals surface area (Å²) in [6.07, 6.45) is 0.567. The largest absolute Gasteiger partial charge is 0.497 e. The highest BCUT2D eigenvalue weighted by Crippen LogP contribution is 2.11. The van der Waals surface area contributed by atoms with Crippen LogP contribution in [0.4, 0.5) is 0 Å². The highest BCUT2D eigenvalue weighted by atomic mass is 16.5. The Morgan fingerprint density at radius 1 is 1.33 bits per heavy atom. The number of hydrogen-bond donors (Lipinski definition) is 0. The van der Waals surface area contributed by atoms with Crippen molar-refractivity contribution >= 4 is 7.85 Å². The highest BCUT2D eigenvalue weighted by Gasteiger charge is 1.90. The molecular formula is C10H15BO. The second-order valence-electron chi connectivity index (χ2n) is 2.06. The molecule has 0 N–H and O–H groups in total. The van der Waals surface area contributed by atoms with Crippen LogP contribution in [0.5, 0.6) is 5.75 Å². The Morgan fingerprint density at radius 3 is 2.50 bits per heavy atom. The molecule has 1 aromatic rings. The van der Waals surface area contributed by atoms with Crippen LogP contribution in [0, 0.1) is 0 Å². The molecule has 2 heteroatoms. The molecular weight excluding hydrogens is 147 g/mol. The fraction of sp³-hybridized carbons (Fsp3) is 0.400. The number of ether oxygens (including phenoxy) is 1. The molecule has 0 bridgehead atoms. The third-order valence-corrected chi connectivity index (χ3v) is 1.37. The Balaban J connectivity index is 0.000000561. The van der Waals surface area contributed by atoms with Crippen LogP contribution >= 0.6 is 0 Å². The van der Waals surface area contributed by atoms with Crippen LogP contribution in [0.15, 0.2) is 24.3 Å². The summed E-state index contributed by atoms with van der Waals surface area (Å²) in [4.78, 5) is 0. The lowest BCUT2D eigenvalue weighted by atomic mass is 9.97. The van der Waals surface area contributed by atoms with Crippen molar-refractivity contribution < 1.29 is 4.74 Å². The van der Waals surface area contributed by atoms with Crippen molar-refractivity contribution in [2.45, 2.75) is 20.2 Å². The molecule has 0 aliphatic rings. The quantitative estimate of drug-likeness (QED) is 0.606. The van der Waals surface area contributed by atoms with Gasteiger partial charge < -0.3 is 4.74 Å². The second kappa shape index (κ2) is 6.77. The van der Waals surface area contributed by atoms with E-state index in [4.69, 9.17) is 12.6 Å². The van der Waals surface area contributed by atoms with Gasteiger partial charge in [0.15, 0.2) is 0 Å². The number of hydrogen-bond acceptors (Lipinski definition) is 1. The molecule has 0 saturated heterocycles. The molecule has 0 amide bonds. The minimum absolute atomic E-state index is 0.567. The van der Waals surface area contributed by atoms with Crippen LogP contribution in [0.25, 0.3) is 0 Å². The average Bonchev–Trinajstić information content (AvgIpc) is 2.21. The van der Waals surface area contributed by atoms with E-state index in [2.05, 4.69) is 0 Å². The van der Waals surface area contributed by atoms with Crippen LogP contribution < -0.4 is 4.74 Å². The first-order valence-corrected chi connectivity index (χ1v) is 4.20. The van der Waals surface area contributed by atoms with Crippen molar-refractivity contribution in [2.75, 3.05) is 7.11 Å². The van der Waals surface area contributed by atoms with Gasteiger partial charge in [-0.05, 0) is 12.1 Å². The summed E-state index contributed by atoms with van der Waals surface area (Å²) in [7, 11) is 7.07. The summed E-state index contributed by atoms with van der Waals surface area (Å²) in [5.41, 5.74) is 1.10. The van der Waals surface area contributed by atoms with Crippen molar-refractivity contribution in [3.05, 3.63) is 29.8 Å². The molecule has 0 saturated carbocycles. The smallest absolute Gasteiger partial charge is 0.119 e. The first-order valence-electron chi connectivity index (χ1n) is 4.20. The summed E-state index contributed by atoms with van der Waals surface area (Å²) in [5, 5.41) is 0. The SMILES string of the molecule is CC.[B]Cc1cccc(OC)c1. The lowest BCUT2D eigenvalue weighted by Crippen LogP contribution is -1.86. The van der Waals surface area contributed by atoms with Crippen molar-refractivity contribution in [1.82, 2.24) is 0 Å². The van der Waals surface area contributed by atoms with E-state index in [1.54, 1.807) is 7.11 Å². The molecule has 0 aromatic heterocycles. The van der Waals surface area contributed by atoms with Crippen LogP contribution in [0.1, 0.15) is 19.4 Å². The van der Waals surface area contributed by atoms with Gasteiger partial charge in [-0.1, -0.05) is 37.9 Å². The Labute approximate surface area is 76.2 Å². The van der Waals surface area contributed by atoms with Gasteiger partial charge in [0, 0.05) is 0 Å². The maximum Gasteiger partial charge on any atom is 0.119 e. The monoisotopic (exact) mass is 162 g/mol. The van der Waals surface area contributed by atoms with Gasteiger partial charge in [-0.25, -0.2) is 0 Å². The maximum absolute atomic E-state index is 5.42. The minimum Gasteiger partial charge on any atom is -0.497 e. The molecule has 12 heavy (non-hydrogen) atoms. The molecule has 0 aliphatic heterocycles. The summed E-state index contributed by atoms with van der Waals surface area (Å²) >= 11 is 0. The molecule has 0 atom stereocenters. The molecule has 0 spiro atoms. The predicted molar refractivity (Wildman–Crippen MR) is 53.8 cm³/mol. The summed E-state index contributed by atoms with van der Waals surface area (Å²) in [5.74, 6) is 0.864. The van der Waals surface area contributed by atoms with E-state index in [0.29, 0.717) is 6.32 Å². The average molecular weight is 162 g/mol. The van der Waals surface area contributed by atoms with Gasteiger partial charge in [-0.3, -0.25) is 0 Å². The molecule has 0 aliphatic carbocycles. The normalized spacial score (nSPS) is 8.25. The zero-order valence-corrected chi connectivity index (χ0v) is 8.00. The Kier molecular flexibility index (Phi) is 6.26. The first-order chi connectivity index (χ1) is 5.86. The second-order valence-corrected chi connectivity index (χ2v) is 2.06.